The molecule has 2 heteroatoms. The van der Waals surface area contributed by atoms with Gasteiger partial charge in [0, 0.05) is 12.4 Å². The van der Waals surface area contributed by atoms with Gasteiger partial charge in [0.05, 0.1) is 0 Å². The van der Waals surface area contributed by atoms with Gasteiger partial charge < -0.3 is 5.73 Å². The summed E-state index contributed by atoms with van der Waals surface area (Å²) in [6.45, 7) is 0. The highest BCUT2D eigenvalue weighted by Gasteiger charge is 2.18. The molecule has 2 N–H and O–H groups in total. The van der Waals surface area contributed by atoms with E-state index in [-0.39, 0.29) is 0 Å². The van der Waals surface area contributed by atoms with Crippen molar-refractivity contribution >= 4 is 5.57 Å². The van der Waals surface area contributed by atoms with E-state index in [1.807, 2.05) is 18.2 Å². The van der Waals surface area contributed by atoms with Crippen LogP contribution in [-0.2, 0) is 0 Å². The molecule has 0 bridgehead atoms. The summed E-state index contributed by atoms with van der Waals surface area (Å²) in [5.41, 5.74) is 7.82. The Hall–Kier alpha value is -1.57. The third-order valence-electron chi connectivity index (χ3n) is 2.33. The summed E-state index contributed by atoms with van der Waals surface area (Å²) >= 11 is 0. The largest absolute Gasteiger partial charge is 0.405 e. The molecule has 2 rings (SSSR count). The molecule has 1 aliphatic carbocycles. The maximum absolute atomic E-state index is 5.43. The van der Waals surface area contributed by atoms with Crippen molar-refractivity contribution < 1.29 is 0 Å². The molecule has 72 valence electrons. The van der Waals surface area contributed by atoms with Crippen molar-refractivity contribution in [2.75, 3.05) is 0 Å². The van der Waals surface area contributed by atoms with Crippen molar-refractivity contribution in [3.05, 3.63) is 48.4 Å². The van der Waals surface area contributed by atoms with Crippen molar-refractivity contribution in [1.82, 2.24) is 4.98 Å². The van der Waals surface area contributed by atoms with Gasteiger partial charge in [-0.05, 0) is 54.3 Å². The first-order chi connectivity index (χ1) is 6.90. The minimum absolute atomic E-state index is 0.759. The fourth-order valence-corrected chi connectivity index (χ4v) is 1.41. The average Bonchev–Trinajstić information content (AvgIpc) is 3.03. The van der Waals surface area contributed by atoms with Gasteiger partial charge in [-0.2, -0.15) is 0 Å². The molecule has 0 radical (unpaired) electrons. The summed E-state index contributed by atoms with van der Waals surface area (Å²) in [6, 6.07) is 4.02. The molecule has 14 heavy (non-hydrogen) atoms. The van der Waals surface area contributed by atoms with Crippen LogP contribution in [0.3, 0.4) is 0 Å². The minimum Gasteiger partial charge on any atom is -0.405 e. The van der Waals surface area contributed by atoms with Gasteiger partial charge in [-0.3, -0.25) is 4.98 Å². The maximum Gasteiger partial charge on any atom is 0.0273 e. The van der Waals surface area contributed by atoms with Crippen LogP contribution in [0.5, 0.6) is 0 Å². The molecule has 1 saturated carbocycles. The standard InChI is InChI=1S/C12H14N2/c13-6-3-12(9-10-1-2-10)11-4-7-14-8-5-11/h3-10H,1-2,13H2/b6-3-,12-9+. The number of rotatable bonds is 3. The molecule has 2 nitrogen and oxygen atoms in total. The number of nitrogens with zero attached hydrogens (tertiary/aromatic N) is 1. The number of allylic oxidation sites excluding steroid dienone is 3. The van der Waals surface area contributed by atoms with Crippen LogP contribution in [0.25, 0.3) is 5.57 Å². The van der Waals surface area contributed by atoms with Crippen LogP contribution in [-0.4, -0.2) is 4.98 Å². The Balaban J connectivity index is 2.26. The van der Waals surface area contributed by atoms with Crippen LogP contribution in [0.15, 0.2) is 42.9 Å². The lowest BCUT2D eigenvalue weighted by Gasteiger charge is -2.01. The van der Waals surface area contributed by atoms with E-state index in [9.17, 15) is 0 Å². The monoisotopic (exact) mass is 186 g/mol. The average molecular weight is 186 g/mol. The predicted molar refractivity (Wildman–Crippen MR) is 58.3 cm³/mol. The maximum atomic E-state index is 5.43. The molecule has 1 aromatic heterocycles. The number of pyridine rings is 1. The molecule has 0 aliphatic heterocycles. The Labute approximate surface area is 84.2 Å². The molecular formula is C12H14N2. The summed E-state index contributed by atoms with van der Waals surface area (Å²) in [7, 11) is 0. The topological polar surface area (TPSA) is 38.9 Å². The Bertz CT molecular complexity index is 348. The molecule has 1 aromatic rings. The molecule has 0 spiro atoms. The SMILES string of the molecule is N/C=C\C(=C/C1CC1)c1ccncc1. The van der Waals surface area contributed by atoms with Crippen molar-refractivity contribution in [1.29, 1.82) is 0 Å². The van der Waals surface area contributed by atoms with E-state index in [2.05, 4.69) is 11.1 Å². The lowest BCUT2D eigenvalue weighted by Crippen LogP contribution is -1.85. The van der Waals surface area contributed by atoms with Crippen molar-refractivity contribution in [3.63, 3.8) is 0 Å². The van der Waals surface area contributed by atoms with E-state index in [1.54, 1.807) is 18.6 Å². The second-order valence-corrected chi connectivity index (χ2v) is 3.55. The summed E-state index contributed by atoms with van der Waals surface area (Å²) in [4.78, 5) is 4.00. The van der Waals surface area contributed by atoms with Crippen molar-refractivity contribution in [2.24, 2.45) is 11.7 Å². The van der Waals surface area contributed by atoms with E-state index >= 15 is 0 Å². The van der Waals surface area contributed by atoms with Crippen LogP contribution < -0.4 is 5.73 Å². The predicted octanol–water partition coefficient (Wildman–Crippen LogP) is 2.35. The van der Waals surface area contributed by atoms with Crippen LogP contribution >= 0.6 is 0 Å². The van der Waals surface area contributed by atoms with Crippen LogP contribution in [0, 0.1) is 5.92 Å². The van der Waals surface area contributed by atoms with E-state index in [0.717, 1.165) is 5.92 Å². The van der Waals surface area contributed by atoms with Gasteiger partial charge in [0.2, 0.25) is 0 Å². The number of hydrogen-bond donors (Lipinski definition) is 1. The van der Waals surface area contributed by atoms with Crippen LogP contribution in [0.4, 0.5) is 0 Å². The number of nitrogens with two attached hydrogens (primary N) is 1. The molecule has 1 fully saturated rings. The summed E-state index contributed by atoms with van der Waals surface area (Å²) in [5.74, 6) is 0.759. The second kappa shape index (κ2) is 4.09. The summed E-state index contributed by atoms with van der Waals surface area (Å²) < 4.78 is 0. The first kappa shape index (κ1) is 9.00. The summed E-state index contributed by atoms with van der Waals surface area (Å²) in [5, 5.41) is 0. The highest BCUT2D eigenvalue weighted by atomic mass is 14.6. The molecule has 0 saturated heterocycles. The van der Waals surface area contributed by atoms with Gasteiger partial charge in [0.15, 0.2) is 0 Å². The Morgan fingerprint density at radius 1 is 1.36 bits per heavy atom. The van der Waals surface area contributed by atoms with Crippen molar-refractivity contribution in [3.8, 4) is 0 Å². The lowest BCUT2D eigenvalue weighted by molar-refractivity contribution is 1.13. The third kappa shape index (κ3) is 2.22. The Morgan fingerprint density at radius 3 is 2.64 bits per heavy atom. The lowest BCUT2D eigenvalue weighted by atomic mass is 10.1. The number of hydrogen-bond acceptors (Lipinski definition) is 2. The zero-order valence-corrected chi connectivity index (χ0v) is 8.06. The zero-order valence-electron chi connectivity index (χ0n) is 8.06. The van der Waals surface area contributed by atoms with E-state index in [4.69, 9.17) is 5.73 Å². The summed E-state index contributed by atoms with van der Waals surface area (Å²) in [6.07, 6.45) is 12.1. The van der Waals surface area contributed by atoms with Gasteiger partial charge in [0.25, 0.3) is 0 Å². The van der Waals surface area contributed by atoms with E-state index < -0.39 is 0 Å². The van der Waals surface area contributed by atoms with Gasteiger partial charge in [-0.25, -0.2) is 0 Å². The quantitative estimate of drug-likeness (QED) is 0.736. The normalized spacial score (nSPS) is 17.6. The van der Waals surface area contributed by atoms with Crippen LogP contribution in [0.1, 0.15) is 18.4 Å². The molecule has 1 heterocycles. The zero-order chi connectivity index (χ0) is 9.80. The first-order valence-electron chi connectivity index (χ1n) is 4.90. The highest BCUT2D eigenvalue weighted by molar-refractivity contribution is 5.73. The number of aromatic nitrogens is 1. The van der Waals surface area contributed by atoms with Gasteiger partial charge >= 0.3 is 0 Å². The molecule has 0 atom stereocenters. The van der Waals surface area contributed by atoms with E-state index in [1.165, 1.54) is 24.0 Å². The smallest absolute Gasteiger partial charge is 0.0273 e. The van der Waals surface area contributed by atoms with Crippen molar-refractivity contribution in [2.45, 2.75) is 12.8 Å². The fraction of sp³-hybridized carbons (Fsp3) is 0.250. The molecule has 0 aromatic carbocycles. The molecule has 1 aliphatic rings. The van der Waals surface area contributed by atoms with Crippen LogP contribution in [0.2, 0.25) is 0 Å². The molecule has 0 unspecified atom stereocenters. The van der Waals surface area contributed by atoms with Gasteiger partial charge in [-0.15, -0.1) is 0 Å². The Kier molecular flexibility index (Phi) is 2.63. The fourth-order valence-electron chi connectivity index (χ4n) is 1.41. The highest BCUT2D eigenvalue weighted by Crippen LogP contribution is 2.33. The molecular weight excluding hydrogens is 172 g/mol. The molecule has 0 amide bonds. The van der Waals surface area contributed by atoms with E-state index in [0.29, 0.717) is 0 Å². The minimum atomic E-state index is 0.759. The van der Waals surface area contributed by atoms with Gasteiger partial charge in [-0.1, -0.05) is 6.08 Å². The Morgan fingerprint density at radius 2 is 2.07 bits per heavy atom. The second-order valence-electron chi connectivity index (χ2n) is 3.55. The first-order valence-corrected chi connectivity index (χ1v) is 4.90. The van der Waals surface area contributed by atoms with Gasteiger partial charge in [0.1, 0.15) is 0 Å². The third-order valence-corrected chi connectivity index (χ3v) is 2.33.